The van der Waals surface area contributed by atoms with Crippen LogP contribution in [0.15, 0.2) is 0 Å². The van der Waals surface area contributed by atoms with Gasteiger partial charge in [0.1, 0.15) is 0 Å². The highest BCUT2D eigenvalue weighted by Gasteiger charge is 2.44. The summed E-state index contributed by atoms with van der Waals surface area (Å²) in [6, 6.07) is 0. The molecule has 0 aromatic heterocycles. The predicted molar refractivity (Wildman–Crippen MR) is 77.4 cm³/mol. The highest BCUT2D eigenvalue weighted by molar-refractivity contribution is 5.99. The lowest BCUT2D eigenvalue weighted by atomic mass is 9.82. The van der Waals surface area contributed by atoms with Gasteiger partial charge in [-0.2, -0.15) is 0 Å². The number of rotatable bonds is 8. The fourth-order valence-corrected chi connectivity index (χ4v) is 3.08. The number of aliphatic carboxylic acids is 1. The van der Waals surface area contributed by atoms with Crippen LogP contribution < -0.4 is 0 Å². The molecule has 116 valence electrons. The molecule has 0 saturated heterocycles. The van der Waals surface area contributed by atoms with Gasteiger partial charge in [-0.05, 0) is 31.6 Å². The van der Waals surface area contributed by atoms with Crippen LogP contribution in [0, 0.1) is 11.3 Å². The first-order chi connectivity index (χ1) is 9.56. The normalized spacial score (nSPS) is 16.9. The Morgan fingerprint density at radius 3 is 2.25 bits per heavy atom. The highest BCUT2D eigenvalue weighted by atomic mass is 16.5. The van der Waals surface area contributed by atoms with E-state index in [9.17, 15) is 14.7 Å². The van der Waals surface area contributed by atoms with Crippen LogP contribution in [0.4, 0.5) is 0 Å². The van der Waals surface area contributed by atoms with Gasteiger partial charge in [0.05, 0.1) is 6.61 Å². The minimum atomic E-state index is -1.36. The second-order valence-corrected chi connectivity index (χ2v) is 5.88. The van der Waals surface area contributed by atoms with E-state index >= 15 is 0 Å². The largest absolute Gasteiger partial charge is 0.480 e. The molecule has 0 bridgehead atoms. The lowest BCUT2D eigenvalue weighted by molar-refractivity contribution is -0.169. The molecule has 0 aliphatic heterocycles. The predicted octanol–water partition coefficient (Wildman–Crippen LogP) is 3.78. The summed E-state index contributed by atoms with van der Waals surface area (Å²) in [4.78, 5) is 23.3. The molecule has 4 heteroatoms. The maximum atomic E-state index is 12.0. The van der Waals surface area contributed by atoms with Crippen molar-refractivity contribution in [1.82, 2.24) is 0 Å². The van der Waals surface area contributed by atoms with Gasteiger partial charge in [0.15, 0.2) is 5.41 Å². The van der Waals surface area contributed by atoms with Gasteiger partial charge in [-0.3, -0.25) is 9.59 Å². The molecule has 1 rings (SSSR count). The van der Waals surface area contributed by atoms with Crippen LogP contribution in [0.5, 0.6) is 0 Å². The molecule has 4 nitrogen and oxygen atoms in total. The van der Waals surface area contributed by atoms with E-state index in [2.05, 4.69) is 0 Å². The highest BCUT2D eigenvalue weighted by Crippen LogP contribution is 2.29. The lowest BCUT2D eigenvalue weighted by Gasteiger charge is -2.25. The van der Waals surface area contributed by atoms with Crippen molar-refractivity contribution in [1.29, 1.82) is 0 Å². The molecule has 1 aliphatic rings. The summed E-state index contributed by atoms with van der Waals surface area (Å²) >= 11 is 0. The van der Waals surface area contributed by atoms with E-state index in [1.807, 2.05) is 0 Å². The van der Waals surface area contributed by atoms with Crippen molar-refractivity contribution in [3.05, 3.63) is 0 Å². The minimum absolute atomic E-state index is 0.278. The monoisotopic (exact) mass is 284 g/mol. The Morgan fingerprint density at radius 1 is 1.15 bits per heavy atom. The van der Waals surface area contributed by atoms with Gasteiger partial charge >= 0.3 is 11.9 Å². The molecule has 0 aromatic rings. The zero-order valence-corrected chi connectivity index (χ0v) is 12.8. The van der Waals surface area contributed by atoms with Crippen LogP contribution in [0.2, 0.25) is 0 Å². The van der Waals surface area contributed by atoms with Crippen LogP contribution in [-0.4, -0.2) is 23.7 Å². The molecule has 0 spiro atoms. The second-order valence-electron chi connectivity index (χ2n) is 5.88. The third-order valence-electron chi connectivity index (χ3n) is 4.72. The molecule has 0 unspecified atom stereocenters. The van der Waals surface area contributed by atoms with Gasteiger partial charge in [-0.25, -0.2) is 0 Å². The van der Waals surface area contributed by atoms with Crippen LogP contribution in [-0.2, 0) is 14.3 Å². The number of hydrogen-bond donors (Lipinski definition) is 1. The van der Waals surface area contributed by atoms with E-state index in [-0.39, 0.29) is 12.8 Å². The second kappa shape index (κ2) is 8.28. The Bertz CT molecular complexity index is 314. The number of carboxylic acids is 1. The van der Waals surface area contributed by atoms with Crippen molar-refractivity contribution in [3.63, 3.8) is 0 Å². The molecular formula is C16H28O4. The Labute approximate surface area is 121 Å². The average molecular weight is 284 g/mol. The molecule has 0 atom stereocenters. The molecular weight excluding hydrogens is 256 g/mol. The summed E-state index contributed by atoms with van der Waals surface area (Å²) in [5.74, 6) is -0.873. The van der Waals surface area contributed by atoms with Crippen molar-refractivity contribution < 1.29 is 19.4 Å². The Balaban J connectivity index is 2.32. The SMILES string of the molecule is CCC(CC)(C(=O)O)C(=O)OCCCC1CCCCC1. The van der Waals surface area contributed by atoms with Gasteiger partial charge in [-0.15, -0.1) is 0 Å². The smallest absolute Gasteiger partial charge is 0.323 e. The van der Waals surface area contributed by atoms with Crippen LogP contribution in [0.3, 0.4) is 0 Å². The number of carbonyl (C=O) groups excluding carboxylic acids is 1. The fraction of sp³-hybridized carbons (Fsp3) is 0.875. The van der Waals surface area contributed by atoms with Crippen molar-refractivity contribution in [2.75, 3.05) is 6.61 Å². The number of esters is 1. The molecule has 0 amide bonds. The maximum absolute atomic E-state index is 12.0. The fourth-order valence-electron chi connectivity index (χ4n) is 3.08. The van der Waals surface area contributed by atoms with Gasteiger partial charge in [0, 0.05) is 0 Å². The molecule has 1 aliphatic carbocycles. The lowest BCUT2D eigenvalue weighted by Crippen LogP contribution is -2.39. The summed E-state index contributed by atoms with van der Waals surface area (Å²) in [5, 5.41) is 9.25. The van der Waals surface area contributed by atoms with E-state index in [1.54, 1.807) is 13.8 Å². The zero-order chi connectivity index (χ0) is 15.0. The van der Waals surface area contributed by atoms with E-state index in [0.29, 0.717) is 6.61 Å². The van der Waals surface area contributed by atoms with Crippen molar-refractivity contribution in [2.45, 2.75) is 71.6 Å². The zero-order valence-electron chi connectivity index (χ0n) is 12.8. The van der Waals surface area contributed by atoms with Crippen molar-refractivity contribution in [3.8, 4) is 0 Å². The molecule has 0 heterocycles. The van der Waals surface area contributed by atoms with Crippen LogP contribution in [0.25, 0.3) is 0 Å². The van der Waals surface area contributed by atoms with E-state index in [1.165, 1.54) is 32.1 Å². The van der Waals surface area contributed by atoms with Gasteiger partial charge in [-0.1, -0.05) is 46.0 Å². The average Bonchev–Trinajstić information content (AvgIpc) is 2.46. The topological polar surface area (TPSA) is 63.6 Å². The van der Waals surface area contributed by atoms with E-state index < -0.39 is 17.4 Å². The van der Waals surface area contributed by atoms with Crippen LogP contribution >= 0.6 is 0 Å². The summed E-state index contributed by atoms with van der Waals surface area (Å²) in [6.45, 7) is 3.80. The summed E-state index contributed by atoms with van der Waals surface area (Å²) in [6.07, 6.45) is 9.05. The van der Waals surface area contributed by atoms with Gasteiger partial charge in [0.25, 0.3) is 0 Å². The summed E-state index contributed by atoms with van der Waals surface area (Å²) in [7, 11) is 0. The molecule has 1 fully saturated rings. The van der Waals surface area contributed by atoms with Crippen molar-refractivity contribution in [2.24, 2.45) is 11.3 Å². The van der Waals surface area contributed by atoms with Gasteiger partial charge < -0.3 is 9.84 Å². The van der Waals surface area contributed by atoms with E-state index in [0.717, 1.165) is 18.8 Å². The third-order valence-corrected chi connectivity index (χ3v) is 4.72. The Hall–Kier alpha value is -1.06. The third kappa shape index (κ3) is 4.22. The summed E-state index contributed by atoms with van der Waals surface area (Å²) < 4.78 is 5.22. The first-order valence-corrected chi connectivity index (χ1v) is 7.97. The quantitative estimate of drug-likeness (QED) is 0.418. The first-order valence-electron chi connectivity index (χ1n) is 7.97. The summed E-state index contributed by atoms with van der Waals surface area (Å²) in [5.41, 5.74) is -1.36. The number of hydrogen-bond acceptors (Lipinski definition) is 3. The molecule has 0 aromatic carbocycles. The maximum Gasteiger partial charge on any atom is 0.323 e. The molecule has 1 saturated carbocycles. The van der Waals surface area contributed by atoms with E-state index in [4.69, 9.17) is 4.74 Å². The number of ether oxygens (including phenoxy) is 1. The van der Waals surface area contributed by atoms with Crippen LogP contribution in [0.1, 0.15) is 71.6 Å². The standard InChI is InChI=1S/C16H28O4/c1-3-16(4-2,14(17)18)15(19)20-12-8-11-13-9-6-5-7-10-13/h13H,3-12H2,1-2H3,(H,17,18). The molecule has 1 N–H and O–H groups in total. The Kier molecular flexibility index (Phi) is 7.03. The molecule has 20 heavy (non-hydrogen) atoms. The minimum Gasteiger partial charge on any atom is -0.480 e. The number of carbonyl (C=O) groups is 2. The van der Waals surface area contributed by atoms with Crippen molar-refractivity contribution >= 4 is 11.9 Å². The number of carboxylic acid groups (broad SMARTS) is 1. The van der Waals surface area contributed by atoms with Gasteiger partial charge in [0.2, 0.25) is 0 Å². The first kappa shape index (κ1) is 17.0. The Morgan fingerprint density at radius 2 is 1.75 bits per heavy atom. The molecule has 0 radical (unpaired) electrons.